The number of anilines is 2. The lowest BCUT2D eigenvalue weighted by Crippen LogP contribution is -2.31. The van der Waals surface area contributed by atoms with Gasteiger partial charge in [0, 0.05) is 24.5 Å². The third-order valence-electron chi connectivity index (χ3n) is 5.61. The van der Waals surface area contributed by atoms with E-state index in [1.54, 1.807) is 0 Å². The van der Waals surface area contributed by atoms with Gasteiger partial charge < -0.3 is 10.0 Å². The molecule has 5 nitrogen and oxygen atoms in total. The highest BCUT2D eigenvalue weighted by Crippen LogP contribution is 2.39. The Labute approximate surface area is 181 Å². The van der Waals surface area contributed by atoms with E-state index in [1.807, 2.05) is 56.3 Å². The summed E-state index contributed by atoms with van der Waals surface area (Å²) in [5, 5.41) is 9.29. The smallest absolute Gasteiger partial charge is 0.272 e. The number of nitrogens with zero attached hydrogens (tertiary/aromatic N) is 2. The first-order valence-electron chi connectivity index (χ1n) is 10.3. The Bertz CT molecular complexity index is 1010. The zero-order valence-corrected chi connectivity index (χ0v) is 18.2. The second kappa shape index (κ2) is 8.66. The van der Waals surface area contributed by atoms with Gasteiger partial charge in [0.25, 0.3) is 11.8 Å². The van der Waals surface area contributed by atoms with Crippen LogP contribution in [-0.4, -0.2) is 42.4 Å². The lowest BCUT2D eigenvalue weighted by Gasteiger charge is -2.20. The molecule has 2 aromatic rings. The monoisotopic (exact) mass is 422 g/mol. The van der Waals surface area contributed by atoms with Crippen molar-refractivity contribution in [3.05, 3.63) is 64.1 Å². The first-order chi connectivity index (χ1) is 14.5. The first-order valence-corrected chi connectivity index (χ1v) is 11.3. The standard InChI is InChI=1S/C24H26N2O3S/c1-16-5-10-20(17(2)15-16)21-22(30-14-13-27)24(29)26(23(21)28)19-8-6-18(7-9-19)25-11-3-4-12-25/h5-10,15,27H,3-4,11-14H2,1-2H3. The van der Waals surface area contributed by atoms with Gasteiger partial charge >= 0.3 is 0 Å². The van der Waals surface area contributed by atoms with E-state index >= 15 is 0 Å². The third kappa shape index (κ3) is 3.77. The van der Waals surface area contributed by atoms with E-state index in [9.17, 15) is 14.7 Å². The molecule has 2 aromatic carbocycles. The number of rotatable bonds is 6. The van der Waals surface area contributed by atoms with Gasteiger partial charge in [-0.1, -0.05) is 23.8 Å². The average molecular weight is 423 g/mol. The molecule has 0 aliphatic carbocycles. The van der Waals surface area contributed by atoms with Crippen LogP contribution in [0.2, 0.25) is 0 Å². The minimum absolute atomic E-state index is 0.0552. The molecule has 30 heavy (non-hydrogen) atoms. The Balaban J connectivity index is 1.70. The summed E-state index contributed by atoms with van der Waals surface area (Å²) in [5.41, 5.74) is 4.96. The van der Waals surface area contributed by atoms with Gasteiger partial charge in [-0.05, 0) is 62.1 Å². The Morgan fingerprint density at radius 3 is 2.23 bits per heavy atom. The number of carbonyl (C=O) groups is 2. The number of imide groups is 1. The van der Waals surface area contributed by atoms with Crippen LogP contribution in [0.25, 0.3) is 5.57 Å². The highest BCUT2D eigenvalue weighted by atomic mass is 32.2. The number of thioether (sulfide) groups is 1. The molecule has 1 fully saturated rings. The highest BCUT2D eigenvalue weighted by Gasteiger charge is 2.40. The zero-order valence-electron chi connectivity index (χ0n) is 17.4. The van der Waals surface area contributed by atoms with Crippen molar-refractivity contribution in [3.8, 4) is 0 Å². The predicted octanol–water partition coefficient (Wildman–Crippen LogP) is 3.91. The zero-order chi connectivity index (χ0) is 21.3. The summed E-state index contributed by atoms with van der Waals surface area (Å²) < 4.78 is 0. The third-order valence-corrected chi connectivity index (χ3v) is 6.66. The van der Waals surface area contributed by atoms with Crippen molar-refractivity contribution in [1.29, 1.82) is 0 Å². The number of carbonyl (C=O) groups excluding carboxylic acids is 2. The van der Waals surface area contributed by atoms with E-state index in [1.165, 1.54) is 29.5 Å². The molecule has 0 unspecified atom stereocenters. The quantitative estimate of drug-likeness (QED) is 0.715. The van der Waals surface area contributed by atoms with Crippen LogP contribution in [0.1, 0.15) is 29.5 Å². The van der Waals surface area contributed by atoms with Crippen LogP contribution < -0.4 is 9.80 Å². The fourth-order valence-electron chi connectivity index (χ4n) is 4.15. The summed E-state index contributed by atoms with van der Waals surface area (Å²) in [6, 6.07) is 13.5. The molecule has 0 bridgehead atoms. The number of benzene rings is 2. The number of aliphatic hydroxyl groups is 1. The van der Waals surface area contributed by atoms with Gasteiger partial charge in [-0.2, -0.15) is 0 Å². The van der Waals surface area contributed by atoms with Crippen molar-refractivity contribution in [1.82, 2.24) is 0 Å². The van der Waals surface area contributed by atoms with Crippen LogP contribution in [0, 0.1) is 13.8 Å². The lowest BCUT2D eigenvalue weighted by molar-refractivity contribution is -0.119. The van der Waals surface area contributed by atoms with Crippen molar-refractivity contribution in [2.75, 3.05) is 35.2 Å². The van der Waals surface area contributed by atoms with Gasteiger partial charge in [0.2, 0.25) is 0 Å². The summed E-state index contributed by atoms with van der Waals surface area (Å²) in [6.45, 7) is 5.99. The number of amides is 2. The molecule has 0 spiro atoms. The van der Waals surface area contributed by atoms with Crippen molar-refractivity contribution in [2.24, 2.45) is 0 Å². The van der Waals surface area contributed by atoms with Crippen LogP contribution in [0.15, 0.2) is 47.4 Å². The van der Waals surface area contributed by atoms with Gasteiger partial charge in [0.1, 0.15) is 0 Å². The van der Waals surface area contributed by atoms with E-state index in [2.05, 4.69) is 4.90 Å². The molecule has 156 valence electrons. The van der Waals surface area contributed by atoms with Crippen LogP contribution in [0.5, 0.6) is 0 Å². The maximum Gasteiger partial charge on any atom is 0.272 e. The van der Waals surface area contributed by atoms with Crippen LogP contribution in [-0.2, 0) is 9.59 Å². The SMILES string of the molecule is Cc1ccc(C2=C(SCCO)C(=O)N(c3ccc(N4CCCC4)cc3)C2=O)c(C)c1. The summed E-state index contributed by atoms with van der Waals surface area (Å²) in [4.78, 5) is 30.7. The molecule has 2 amide bonds. The molecule has 0 aromatic heterocycles. The predicted molar refractivity (Wildman–Crippen MR) is 123 cm³/mol. The van der Waals surface area contributed by atoms with Crippen molar-refractivity contribution in [3.63, 3.8) is 0 Å². The normalized spacial score (nSPS) is 16.9. The Kier molecular flexibility index (Phi) is 5.97. The van der Waals surface area contributed by atoms with Crippen LogP contribution in [0.4, 0.5) is 11.4 Å². The maximum atomic E-state index is 13.4. The average Bonchev–Trinajstić information content (AvgIpc) is 3.34. The minimum Gasteiger partial charge on any atom is -0.396 e. The van der Waals surface area contributed by atoms with E-state index in [0.29, 0.717) is 21.9 Å². The number of hydrogen-bond acceptors (Lipinski definition) is 5. The lowest BCUT2D eigenvalue weighted by atomic mass is 9.99. The Morgan fingerprint density at radius 1 is 0.933 bits per heavy atom. The van der Waals surface area contributed by atoms with E-state index < -0.39 is 0 Å². The molecular formula is C24H26N2O3S. The topological polar surface area (TPSA) is 60.9 Å². The largest absolute Gasteiger partial charge is 0.396 e. The van der Waals surface area contributed by atoms with Gasteiger partial charge in [-0.3, -0.25) is 9.59 Å². The molecule has 2 heterocycles. The molecule has 0 atom stereocenters. The molecule has 0 radical (unpaired) electrons. The maximum absolute atomic E-state index is 13.4. The van der Waals surface area contributed by atoms with Gasteiger partial charge in [0.05, 0.1) is 22.8 Å². The molecule has 4 rings (SSSR count). The van der Waals surface area contributed by atoms with Crippen LogP contribution >= 0.6 is 11.8 Å². The first kappa shape index (κ1) is 20.7. The molecule has 6 heteroatoms. The fourth-order valence-corrected chi connectivity index (χ4v) is 5.00. The van der Waals surface area contributed by atoms with E-state index in [-0.39, 0.29) is 18.4 Å². The summed E-state index contributed by atoms with van der Waals surface area (Å²) in [5.74, 6) is -0.256. The van der Waals surface area contributed by atoms with E-state index in [0.717, 1.165) is 35.5 Å². The summed E-state index contributed by atoms with van der Waals surface area (Å²) in [7, 11) is 0. The molecule has 2 aliphatic heterocycles. The second-order valence-corrected chi connectivity index (χ2v) is 8.86. The van der Waals surface area contributed by atoms with Crippen LogP contribution in [0.3, 0.4) is 0 Å². The fraction of sp³-hybridized carbons (Fsp3) is 0.333. The van der Waals surface area contributed by atoms with Gasteiger partial charge in [-0.25, -0.2) is 4.90 Å². The minimum atomic E-state index is -0.317. The molecule has 2 aliphatic rings. The van der Waals surface area contributed by atoms with Gasteiger partial charge in [0.15, 0.2) is 0 Å². The van der Waals surface area contributed by atoms with E-state index in [4.69, 9.17) is 0 Å². The van der Waals surface area contributed by atoms with Crippen molar-refractivity contribution in [2.45, 2.75) is 26.7 Å². The van der Waals surface area contributed by atoms with Gasteiger partial charge in [-0.15, -0.1) is 11.8 Å². The number of hydrogen-bond donors (Lipinski definition) is 1. The molecule has 1 saturated heterocycles. The Morgan fingerprint density at radius 2 is 1.60 bits per heavy atom. The second-order valence-electron chi connectivity index (χ2n) is 7.75. The number of aryl methyl sites for hydroxylation is 2. The van der Waals surface area contributed by atoms with Crippen molar-refractivity contribution < 1.29 is 14.7 Å². The highest BCUT2D eigenvalue weighted by molar-refractivity contribution is 8.04. The Hall–Kier alpha value is -2.57. The summed E-state index contributed by atoms with van der Waals surface area (Å²) >= 11 is 1.24. The van der Waals surface area contributed by atoms with Crippen molar-refractivity contribution >= 4 is 40.5 Å². The number of aliphatic hydroxyl groups excluding tert-OH is 1. The molecular weight excluding hydrogens is 396 g/mol. The molecule has 0 saturated carbocycles. The summed E-state index contributed by atoms with van der Waals surface area (Å²) in [6.07, 6.45) is 2.39. The molecule has 1 N–H and O–H groups in total.